The van der Waals surface area contributed by atoms with Gasteiger partial charge in [-0.15, -0.1) is 0 Å². The fourth-order valence-electron chi connectivity index (χ4n) is 2.51. The zero-order valence-corrected chi connectivity index (χ0v) is 20.0. The minimum atomic E-state index is -0.563. The average molecular weight is 555 g/mol. The average Bonchev–Trinajstić information content (AvgIpc) is 2.74. The Balaban J connectivity index is 2.34. The molecule has 1 amide bonds. The number of ether oxygens (including phenoxy) is 3. The van der Waals surface area contributed by atoms with Crippen molar-refractivity contribution in [2.45, 2.75) is 13.8 Å². The van der Waals surface area contributed by atoms with Crippen molar-refractivity contribution in [2.75, 3.05) is 25.6 Å². The van der Waals surface area contributed by atoms with Gasteiger partial charge in [0, 0.05) is 10.7 Å². The van der Waals surface area contributed by atoms with Crippen LogP contribution in [0.25, 0.3) is 6.08 Å². The van der Waals surface area contributed by atoms with Crippen molar-refractivity contribution in [2.24, 2.45) is 0 Å². The number of methoxy groups -OCH3 is 1. The minimum Gasteiger partial charge on any atom is -0.490 e. The number of hydrogen-bond donors (Lipinski definition) is 1. The van der Waals surface area contributed by atoms with Gasteiger partial charge < -0.3 is 19.5 Å². The first-order chi connectivity index (χ1) is 14.8. The zero-order valence-electron chi connectivity index (χ0n) is 17.1. The van der Waals surface area contributed by atoms with Gasteiger partial charge >= 0.3 is 5.97 Å². The molecule has 0 aliphatic carbocycles. The summed E-state index contributed by atoms with van der Waals surface area (Å²) in [6.45, 7) is 3.67. The van der Waals surface area contributed by atoms with E-state index in [0.717, 1.165) is 0 Å². The standard InChI is InChI=1S/C22H20ClIN2O5/c1-4-30-19-10-14(9-17(24)21(19)31-12-20(27)29-3)8-15(11-25)22(28)26-18-7-5-6-16(23)13(18)2/h5-10H,4,12H2,1-3H3,(H,26,28)/b15-8+. The molecule has 0 unspecified atom stereocenters. The SMILES string of the molecule is CCOc1cc(/C=C(\C#N)C(=O)Nc2cccc(Cl)c2C)cc(I)c1OCC(=O)OC. The third kappa shape index (κ3) is 6.60. The highest BCUT2D eigenvalue weighted by Crippen LogP contribution is 2.35. The molecular formula is C22H20ClIN2O5. The van der Waals surface area contributed by atoms with E-state index in [-0.39, 0.29) is 12.2 Å². The molecule has 0 aliphatic heterocycles. The fourth-order valence-corrected chi connectivity index (χ4v) is 3.47. The molecule has 0 heterocycles. The summed E-state index contributed by atoms with van der Waals surface area (Å²) in [5.74, 6) is -0.329. The van der Waals surface area contributed by atoms with Gasteiger partial charge in [0.25, 0.3) is 5.91 Å². The number of halogens is 2. The van der Waals surface area contributed by atoms with Crippen molar-refractivity contribution in [3.8, 4) is 17.6 Å². The molecule has 2 rings (SSSR count). The lowest BCUT2D eigenvalue weighted by atomic mass is 10.1. The van der Waals surface area contributed by atoms with Crippen LogP contribution >= 0.6 is 34.2 Å². The van der Waals surface area contributed by atoms with Crippen LogP contribution in [0.4, 0.5) is 5.69 Å². The third-order valence-electron chi connectivity index (χ3n) is 4.09. The van der Waals surface area contributed by atoms with Crippen LogP contribution in [0.5, 0.6) is 11.5 Å². The number of benzene rings is 2. The second-order valence-electron chi connectivity index (χ2n) is 6.16. The third-order valence-corrected chi connectivity index (χ3v) is 5.30. The summed E-state index contributed by atoms with van der Waals surface area (Å²) in [4.78, 5) is 24.0. The van der Waals surface area contributed by atoms with E-state index in [1.165, 1.54) is 13.2 Å². The summed E-state index contributed by atoms with van der Waals surface area (Å²) in [7, 11) is 1.27. The summed E-state index contributed by atoms with van der Waals surface area (Å²) in [5.41, 5.74) is 1.69. The number of amides is 1. The van der Waals surface area contributed by atoms with Crippen LogP contribution in [0.15, 0.2) is 35.9 Å². The van der Waals surface area contributed by atoms with Gasteiger partial charge in [-0.3, -0.25) is 4.79 Å². The first-order valence-electron chi connectivity index (χ1n) is 9.14. The molecule has 0 bridgehead atoms. The van der Waals surface area contributed by atoms with Crippen LogP contribution in [0.1, 0.15) is 18.1 Å². The summed E-state index contributed by atoms with van der Waals surface area (Å²) in [5, 5.41) is 12.7. The molecule has 162 valence electrons. The van der Waals surface area contributed by atoms with Gasteiger partial charge in [0.15, 0.2) is 18.1 Å². The number of nitriles is 1. The Labute approximate surface area is 199 Å². The van der Waals surface area contributed by atoms with Crippen molar-refractivity contribution < 1.29 is 23.8 Å². The van der Waals surface area contributed by atoms with Gasteiger partial charge in [0.05, 0.1) is 17.3 Å². The van der Waals surface area contributed by atoms with Crippen LogP contribution in [-0.2, 0) is 14.3 Å². The molecule has 7 nitrogen and oxygen atoms in total. The Morgan fingerprint density at radius 1 is 1.29 bits per heavy atom. The fraction of sp³-hybridized carbons (Fsp3) is 0.227. The molecule has 0 radical (unpaired) electrons. The summed E-state index contributed by atoms with van der Waals surface area (Å²) >= 11 is 8.12. The van der Waals surface area contributed by atoms with E-state index in [2.05, 4.69) is 10.1 Å². The molecule has 0 aromatic heterocycles. The molecule has 0 atom stereocenters. The molecular weight excluding hydrogens is 535 g/mol. The Morgan fingerprint density at radius 2 is 2.03 bits per heavy atom. The van der Waals surface area contributed by atoms with Gasteiger partial charge in [0.1, 0.15) is 11.6 Å². The van der Waals surface area contributed by atoms with Crippen LogP contribution in [0.2, 0.25) is 5.02 Å². The van der Waals surface area contributed by atoms with Gasteiger partial charge in [-0.25, -0.2) is 4.79 Å². The molecule has 2 aromatic rings. The zero-order chi connectivity index (χ0) is 23.0. The Hall–Kier alpha value is -2.77. The highest BCUT2D eigenvalue weighted by molar-refractivity contribution is 14.1. The van der Waals surface area contributed by atoms with E-state index >= 15 is 0 Å². The highest BCUT2D eigenvalue weighted by atomic mass is 127. The summed E-state index contributed by atoms with van der Waals surface area (Å²) in [6, 6.07) is 10.4. The predicted molar refractivity (Wildman–Crippen MR) is 126 cm³/mol. The van der Waals surface area contributed by atoms with Crippen molar-refractivity contribution >= 4 is 57.8 Å². The maximum atomic E-state index is 12.6. The van der Waals surface area contributed by atoms with E-state index in [1.54, 1.807) is 44.2 Å². The largest absolute Gasteiger partial charge is 0.490 e. The number of esters is 1. The Morgan fingerprint density at radius 3 is 2.68 bits per heavy atom. The monoisotopic (exact) mass is 554 g/mol. The molecule has 0 fully saturated rings. The number of anilines is 1. The molecule has 1 N–H and O–H groups in total. The maximum Gasteiger partial charge on any atom is 0.343 e. The number of nitrogens with zero attached hydrogens (tertiary/aromatic N) is 1. The van der Waals surface area contributed by atoms with E-state index in [4.69, 9.17) is 21.1 Å². The first-order valence-corrected chi connectivity index (χ1v) is 10.6. The number of hydrogen-bond acceptors (Lipinski definition) is 6. The van der Waals surface area contributed by atoms with Gasteiger partial charge in [-0.05, 0) is 77.9 Å². The normalized spacial score (nSPS) is 10.8. The molecule has 0 spiro atoms. The van der Waals surface area contributed by atoms with Gasteiger partial charge in [-0.2, -0.15) is 5.26 Å². The molecule has 0 saturated heterocycles. The second-order valence-corrected chi connectivity index (χ2v) is 7.73. The molecule has 0 aliphatic rings. The molecule has 9 heteroatoms. The second kappa shape index (κ2) is 11.6. The van der Waals surface area contributed by atoms with Crippen molar-refractivity contribution in [1.82, 2.24) is 0 Å². The summed E-state index contributed by atoms with van der Waals surface area (Å²) < 4.78 is 16.4. The minimum absolute atomic E-state index is 0.0964. The van der Waals surface area contributed by atoms with Crippen LogP contribution < -0.4 is 14.8 Å². The van der Waals surface area contributed by atoms with Crippen LogP contribution in [0, 0.1) is 21.8 Å². The number of rotatable bonds is 8. The molecule has 2 aromatic carbocycles. The number of carbonyl (C=O) groups excluding carboxylic acids is 2. The summed E-state index contributed by atoms with van der Waals surface area (Å²) in [6.07, 6.45) is 1.45. The van der Waals surface area contributed by atoms with Crippen LogP contribution in [0.3, 0.4) is 0 Å². The topological polar surface area (TPSA) is 97.6 Å². The van der Waals surface area contributed by atoms with E-state index in [1.807, 2.05) is 28.7 Å². The van der Waals surface area contributed by atoms with Crippen LogP contribution in [-0.4, -0.2) is 32.2 Å². The first kappa shape index (κ1) is 24.5. The highest BCUT2D eigenvalue weighted by Gasteiger charge is 2.16. The van der Waals surface area contributed by atoms with E-state index in [9.17, 15) is 14.9 Å². The van der Waals surface area contributed by atoms with E-state index in [0.29, 0.717) is 43.5 Å². The lowest BCUT2D eigenvalue weighted by Gasteiger charge is -2.14. The van der Waals surface area contributed by atoms with E-state index < -0.39 is 11.9 Å². The Bertz CT molecular complexity index is 1060. The quantitative estimate of drug-likeness (QED) is 0.219. The lowest BCUT2D eigenvalue weighted by molar-refractivity contribution is -0.142. The molecule has 31 heavy (non-hydrogen) atoms. The maximum absolute atomic E-state index is 12.6. The molecule has 0 saturated carbocycles. The van der Waals surface area contributed by atoms with Gasteiger partial charge in [-0.1, -0.05) is 17.7 Å². The smallest absolute Gasteiger partial charge is 0.343 e. The van der Waals surface area contributed by atoms with Crippen molar-refractivity contribution in [3.63, 3.8) is 0 Å². The van der Waals surface area contributed by atoms with Crippen molar-refractivity contribution in [3.05, 3.63) is 55.6 Å². The number of nitrogens with one attached hydrogen (secondary N) is 1. The van der Waals surface area contributed by atoms with Crippen molar-refractivity contribution in [1.29, 1.82) is 5.26 Å². The lowest BCUT2D eigenvalue weighted by Crippen LogP contribution is -2.14. The number of carbonyl (C=O) groups is 2. The Kier molecular flexibility index (Phi) is 9.15. The van der Waals surface area contributed by atoms with Gasteiger partial charge in [0.2, 0.25) is 0 Å². The predicted octanol–water partition coefficient (Wildman–Crippen LogP) is 4.75.